The van der Waals surface area contributed by atoms with Crippen LogP contribution in [0.1, 0.15) is 44.5 Å². The average molecular weight is 447 g/mol. The fraction of sp³-hybridized carbons (Fsp3) is 0.121. The van der Waals surface area contributed by atoms with E-state index in [-0.39, 0.29) is 0 Å². The minimum atomic E-state index is 0.955. The number of pyridine rings is 1. The van der Waals surface area contributed by atoms with E-state index in [4.69, 9.17) is 4.98 Å². The van der Waals surface area contributed by atoms with Crippen molar-refractivity contribution >= 4 is 17.2 Å². The van der Waals surface area contributed by atoms with Crippen molar-refractivity contribution in [3.05, 3.63) is 130 Å². The Morgan fingerprint density at radius 2 is 1.20 bits per heavy atom. The van der Waals surface area contributed by atoms with Crippen LogP contribution in [0.4, 0.5) is 17.2 Å². The molecule has 35 heavy (non-hydrogen) atoms. The Labute approximate surface area is 204 Å². The standard InChI is InChI=1S/C33H22N2/c1-2-9-26-19(5-1)15-20-10-11-22-16-21-12-13-28-27(30(21)31(22)29(20)26)18-24-7-3-6-23-17-25-8-4-14-34-33(25)35(28)32(23)24/h1-14H,15-18H2. The molecular weight excluding hydrogens is 424 g/mol. The van der Waals surface area contributed by atoms with Gasteiger partial charge in [0.05, 0.1) is 11.4 Å². The van der Waals surface area contributed by atoms with E-state index in [2.05, 4.69) is 83.8 Å². The van der Waals surface area contributed by atoms with Crippen LogP contribution in [0, 0.1) is 0 Å². The number of fused-ring (bicyclic) bond motifs is 12. The number of benzene rings is 4. The maximum absolute atomic E-state index is 4.90. The molecular formula is C33H22N2. The van der Waals surface area contributed by atoms with Gasteiger partial charge in [-0.1, -0.05) is 66.7 Å². The highest BCUT2D eigenvalue weighted by atomic mass is 15.2. The first-order valence-electron chi connectivity index (χ1n) is 12.6. The molecule has 2 heteroatoms. The molecule has 2 nitrogen and oxygen atoms in total. The van der Waals surface area contributed by atoms with E-state index in [0.717, 1.165) is 31.5 Å². The van der Waals surface area contributed by atoms with Crippen molar-refractivity contribution in [2.24, 2.45) is 0 Å². The number of anilines is 3. The lowest BCUT2D eigenvalue weighted by molar-refractivity contribution is 0.981. The smallest absolute Gasteiger partial charge is 0.141 e. The molecule has 9 rings (SSSR count). The molecule has 2 aliphatic heterocycles. The first-order valence-corrected chi connectivity index (χ1v) is 12.6. The van der Waals surface area contributed by atoms with Crippen molar-refractivity contribution < 1.29 is 0 Å². The second-order valence-electron chi connectivity index (χ2n) is 10.3. The predicted octanol–water partition coefficient (Wildman–Crippen LogP) is 7.50. The third kappa shape index (κ3) is 2.23. The van der Waals surface area contributed by atoms with Crippen LogP contribution >= 0.6 is 0 Å². The van der Waals surface area contributed by atoms with Gasteiger partial charge in [-0.2, -0.15) is 0 Å². The average Bonchev–Trinajstić information content (AvgIpc) is 3.46. The predicted molar refractivity (Wildman–Crippen MR) is 141 cm³/mol. The second-order valence-corrected chi connectivity index (χ2v) is 10.3. The summed E-state index contributed by atoms with van der Waals surface area (Å²) in [5.74, 6) is 1.09. The van der Waals surface area contributed by atoms with Crippen LogP contribution in [0.25, 0.3) is 22.3 Å². The highest BCUT2D eigenvalue weighted by Gasteiger charge is 2.37. The summed E-state index contributed by atoms with van der Waals surface area (Å²) >= 11 is 0. The summed E-state index contributed by atoms with van der Waals surface area (Å²) in [6, 6.07) is 29.6. The molecule has 0 fully saturated rings. The van der Waals surface area contributed by atoms with Gasteiger partial charge in [0.1, 0.15) is 5.82 Å². The third-order valence-electron chi connectivity index (χ3n) is 8.55. The summed E-state index contributed by atoms with van der Waals surface area (Å²) in [6.07, 6.45) is 5.93. The second kappa shape index (κ2) is 6.28. The molecule has 0 atom stereocenters. The maximum atomic E-state index is 4.90. The Morgan fingerprint density at radius 1 is 0.514 bits per heavy atom. The first-order chi connectivity index (χ1) is 17.3. The van der Waals surface area contributed by atoms with E-state index >= 15 is 0 Å². The number of nitrogens with zero attached hydrogens (tertiary/aromatic N) is 2. The first kappa shape index (κ1) is 18.2. The number of hydrogen-bond donors (Lipinski definition) is 0. The van der Waals surface area contributed by atoms with Crippen LogP contribution in [-0.2, 0) is 25.7 Å². The van der Waals surface area contributed by atoms with Gasteiger partial charge in [-0.05, 0) is 91.7 Å². The Kier molecular flexibility index (Phi) is 3.27. The van der Waals surface area contributed by atoms with Crippen molar-refractivity contribution in [3.8, 4) is 22.3 Å². The molecule has 2 aliphatic carbocycles. The topological polar surface area (TPSA) is 16.1 Å². The lowest BCUT2D eigenvalue weighted by atomic mass is 9.83. The molecule has 5 aromatic rings. The van der Waals surface area contributed by atoms with Gasteiger partial charge in [0.2, 0.25) is 0 Å². The molecule has 4 aromatic carbocycles. The minimum absolute atomic E-state index is 0.955. The third-order valence-corrected chi connectivity index (χ3v) is 8.55. The number of hydrogen-bond acceptors (Lipinski definition) is 2. The van der Waals surface area contributed by atoms with Gasteiger partial charge in [-0.3, -0.25) is 4.90 Å². The van der Waals surface area contributed by atoms with E-state index in [0.29, 0.717) is 0 Å². The summed E-state index contributed by atoms with van der Waals surface area (Å²) in [5.41, 5.74) is 20.0. The van der Waals surface area contributed by atoms with E-state index in [9.17, 15) is 0 Å². The van der Waals surface area contributed by atoms with Gasteiger partial charge >= 0.3 is 0 Å². The van der Waals surface area contributed by atoms with Crippen molar-refractivity contribution in [1.82, 2.24) is 4.98 Å². The van der Waals surface area contributed by atoms with Gasteiger partial charge in [-0.15, -0.1) is 0 Å². The Morgan fingerprint density at radius 3 is 2.14 bits per heavy atom. The van der Waals surface area contributed by atoms with Gasteiger partial charge in [-0.25, -0.2) is 4.98 Å². The summed E-state index contributed by atoms with van der Waals surface area (Å²) in [6.45, 7) is 0. The zero-order valence-corrected chi connectivity index (χ0v) is 19.3. The molecule has 0 radical (unpaired) electrons. The van der Waals surface area contributed by atoms with E-state index in [1.165, 1.54) is 78.1 Å². The molecule has 0 N–H and O–H groups in total. The SMILES string of the molecule is c1ccc2c(c1)Cc1ccc3c(c1-2)-c1c(ccc2c1Cc1cccc4c1N2c1ncccc1C4)C3. The fourth-order valence-electron chi connectivity index (χ4n) is 7.16. The number of rotatable bonds is 0. The lowest BCUT2D eigenvalue weighted by Crippen LogP contribution is -2.26. The largest absolute Gasteiger partial charge is 0.294 e. The van der Waals surface area contributed by atoms with Crippen LogP contribution in [0.2, 0.25) is 0 Å². The normalized spacial score (nSPS) is 14.9. The molecule has 0 saturated carbocycles. The molecule has 0 amide bonds. The summed E-state index contributed by atoms with van der Waals surface area (Å²) in [7, 11) is 0. The molecule has 0 bridgehead atoms. The molecule has 3 heterocycles. The molecule has 0 spiro atoms. The van der Waals surface area contributed by atoms with Crippen LogP contribution in [0.3, 0.4) is 0 Å². The number of aromatic nitrogens is 1. The van der Waals surface area contributed by atoms with Crippen molar-refractivity contribution in [2.75, 3.05) is 4.90 Å². The van der Waals surface area contributed by atoms with Crippen molar-refractivity contribution in [1.29, 1.82) is 0 Å². The Hall–Kier alpha value is -4.17. The minimum Gasteiger partial charge on any atom is -0.294 e. The fourth-order valence-corrected chi connectivity index (χ4v) is 7.16. The molecule has 0 saturated heterocycles. The molecule has 0 unspecified atom stereocenters. The van der Waals surface area contributed by atoms with Crippen molar-refractivity contribution in [3.63, 3.8) is 0 Å². The Balaban J connectivity index is 1.36. The van der Waals surface area contributed by atoms with Crippen LogP contribution in [0.15, 0.2) is 85.1 Å². The molecule has 1 aromatic heterocycles. The van der Waals surface area contributed by atoms with E-state index in [1.807, 2.05) is 6.20 Å². The van der Waals surface area contributed by atoms with Gasteiger partial charge in [0.15, 0.2) is 0 Å². The van der Waals surface area contributed by atoms with Crippen LogP contribution in [-0.4, -0.2) is 4.98 Å². The zero-order valence-electron chi connectivity index (χ0n) is 19.3. The van der Waals surface area contributed by atoms with Crippen LogP contribution < -0.4 is 4.90 Å². The zero-order chi connectivity index (χ0) is 22.7. The highest BCUT2D eigenvalue weighted by Crippen LogP contribution is 2.56. The summed E-state index contributed by atoms with van der Waals surface area (Å²) in [4.78, 5) is 7.35. The lowest BCUT2D eigenvalue weighted by Gasteiger charge is -2.39. The summed E-state index contributed by atoms with van der Waals surface area (Å²) in [5, 5.41) is 0. The van der Waals surface area contributed by atoms with Gasteiger partial charge in [0.25, 0.3) is 0 Å². The highest BCUT2D eigenvalue weighted by molar-refractivity contribution is 6.00. The maximum Gasteiger partial charge on any atom is 0.141 e. The van der Waals surface area contributed by atoms with Gasteiger partial charge < -0.3 is 0 Å². The molecule has 4 aliphatic rings. The monoisotopic (exact) mass is 446 g/mol. The molecule has 164 valence electrons. The van der Waals surface area contributed by atoms with E-state index < -0.39 is 0 Å². The van der Waals surface area contributed by atoms with Gasteiger partial charge in [0, 0.05) is 19.0 Å². The Bertz CT molecular complexity index is 1760. The number of para-hydroxylation sites is 1. The summed E-state index contributed by atoms with van der Waals surface area (Å²) < 4.78 is 0. The van der Waals surface area contributed by atoms with Crippen LogP contribution in [0.5, 0.6) is 0 Å². The quantitative estimate of drug-likeness (QED) is 0.240. The van der Waals surface area contributed by atoms with E-state index in [1.54, 1.807) is 0 Å². The van der Waals surface area contributed by atoms with Crippen molar-refractivity contribution in [2.45, 2.75) is 25.7 Å².